The van der Waals surface area contributed by atoms with Crippen LogP contribution in [0.5, 0.6) is 0 Å². The van der Waals surface area contributed by atoms with Crippen molar-refractivity contribution in [3.8, 4) is 0 Å². The number of H-pyrrole nitrogens is 1. The molecule has 7 nitrogen and oxygen atoms in total. The Morgan fingerprint density at radius 3 is 2.29 bits per heavy atom. The van der Waals surface area contributed by atoms with Crippen LogP contribution in [0.25, 0.3) is 22.1 Å². The summed E-state index contributed by atoms with van der Waals surface area (Å²) in [6.45, 7) is 1.79. The van der Waals surface area contributed by atoms with Crippen LogP contribution in [0.3, 0.4) is 0 Å². The van der Waals surface area contributed by atoms with Crippen molar-refractivity contribution in [2.24, 2.45) is 0 Å². The molecule has 0 spiro atoms. The largest absolute Gasteiger partial charge is 0.463 e. The molecule has 0 bridgehead atoms. The summed E-state index contributed by atoms with van der Waals surface area (Å²) in [5.74, 6) is 2.31. The normalized spacial score (nSPS) is 11.8. The van der Waals surface area contributed by atoms with E-state index in [4.69, 9.17) is 18.2 Å². The predicted octanol–water partition coefficient (Wildman–Crippen LogP) is 2.64. The maximum atomic E-state index is 12.5. The summed E-state index contributed by atoms with van der Waals surface area (Å²) in [4.78, 5) is 21.2. The number of benzene rings is 1. The minimum Gasteiger partial charge on any atom is -0.463 e. The van der Waals surface area contributed by atoms with Crippen LogP contribution in [0.1, 0.15) is 17.3 Å². The first kappa shape index (κ1) is 16.6. The zero-order valence-corrected chi connectivity index (χ0v) is 15.0. The lowest BCUT2D eigenvalue weighted by Gasteiger charge is -2.16. The van der Waals surface area contributed by atoms with Gasteiger partial charge in [-0.3, -0.25) is 4.79 Å². The summed E-state index contributed by atoms with van der Waals surface area (Å²) in [5, 5.41) is 0.837. The standard InChI is InChI=1S/C21H17N3O4/c25-21-20-19(16-7-1-2-8-17(16)28-20)22-18(23-21)13-24(11-14-5-3-9-26-14)12-15-6-4-10-27-15/h1-10H,11-13H2,(H,22,23,25)/p+1. The highest BCUT2D eigenvalue weighted by Gasteiger charge is 2.19. The maximum Gasteiger partial charge on any atom is 0.294 e. The quantitative estimate of drug-likeness (QED) is 0.476. The van der Waals surface area contributed by atoms with E-state index in [1.54, 1.807) is 12.5 Å². The Balaban J connectivity index is 1.51. The number of aromatic amines is 1. The second-order valence-electron chi connectivity index (χ2n) is 6.73. The van der Waals surface area contributed by atoms with E-state index in [9.17, 15) is 4.79 Å². The third kappa shape index (κ3) is 3.12. The SMILES string of the molecule is O=c1[nH]c(C[NH+](Cc2ccco2)Cc2ccco2)nc2c1oc1ccccc12. The van der Waals surface area contributed by atoms with Gasteiger partial charge >= 0.3 is 0 Å². The first-order chi connectivity index (χ1) is 13.8. The molecule has 1 aromatic carbocycles. The van der Waals surface area contributed by atoms with Crippen molar-refractivity contribution in [2.45, 2.75) is 19.6 Å². The summed E-state index contributed by atoms with van der Waals surface area (Å²) in [7, 11) is 0. The van der Waals surface area contributed by atoms with Gasteiger partial charge in [-0.05, 0) is 36.4 Å². The molecule has 5 rings (SSSR count). The molecule has 0 aliphatic rings. The van der Waals surface area contributed by atoms with Gasteiger partial charge in [-0.1, -0.05) is 12.1 Å². The van der Waals surface area contributed by atoms with Crippen LogP contribution in [-0.4, -0.2) is 9.97 Å². The molecule has 0 unspecified atom stereocenters. The number of rotatable bonds is 6. The van der Waals surface area contributed by atoms with E-state index >= 15 is 0 Å². The van der Waals surface area contributed by atoms with E-state index in [1.807, 2.05) is 48.5 Å². The molecule has 0 aliphatic heterocycles. The first-order valence-corrected chi connectivity index (χ1v) is 9.05. The van der Waals surface area contributed by atoms with Gasteiger partial charge in [0.2, 0.25) is 5.58 Å². The molecule has 0 radical (unpaired) electrons. The molecule has 140 valence electrons. The van der Waals surface area contributed by atoms with Crippen molar-refractivity contribution >= 4 is 22.1 Å². The van der Waals surface area contributed by atoms with Crippen molar-refractivity contribution in [3.05, 3.63) is 88.8 Å². The van der Waals surface area contributed by atoms with E-state index in [0.717, 1.165) is 21.8 Å². The van der Waals surface area contributed by atoms with Gasteiger partial charge in [-0.2, -0.15) is 0 Å². The highest BCUT2D eigenvalue weighted by atomic mass is 16.3. The average Bonchev–Trinajstić information content (AvgIpc) is 3.43. The molecule has 7 heteroatoms. The number of nitrogens with one attached hydrogen (secondary N) is 2. The molecule has 0 atom stereocenters. The summed E-state index contributed by atoms with van der Waals surface area (Å²) >= 11 is 0. The van der Waals surface area contributed by atoms with Gasteiger partial charge in [-0.15, -0.1) is 0 Å². The van der Waals surface area contributed by atoms with Crippen molar-refractivity contribution in [1.29, 1.82) is 0 Å². The number of hydrogen-bond donors (Lipinski definition) is 2. The van der Waals surface area contributed by atoms with Crippen molar-refractivity contribution < 1.29 is 18.2 Å². The fraction of sp³-hybridized carbons (Fsp3) is 0.143. The molecule has 4 aromatic heterocycles. The van der Waals surface area contributed by atoms with Crippen LogP contribution in [-0.2, 0) is 19.6 Å². The van der Waals surface area contributed by atoms with Crippen LogP contribution >= 0.6 is 0 Å². The van der Waals surface area contributed by atoms with Gasteiger partial charge in [0.05, 0.1) is 12.5 Å². The second kappa shape index (κ2) is 6.86. The van der Waals surface area contributed by atoms with Crippen molar-refractivity contribution in [2.75, 3.05) is 0 Å². The summed E-state index contributed by atoms with van der Waals surface area (Å²) in [5.41, 5.74) is 1.22. The molecule has 4 heterocycles. The summed E-state index contributed by atoms with van der Waals surface area (Å²) in [6, 6.07) is 15.1. The summed E-state index contributed by atoms with van der Waals surface area (Å²) < 4.78 is 16.7. The summed E-state index contributed by atoms with van der Waals surface area (Å²) in [6.07, 6.45) is 3.31. The van der Waals surface area contributed by atoms with Gasteiger partial charge in [0, 0.05) is 5.39 Å². The van der Waals surface area contributed by atoms with Crippen molar-refractivity contribution in [3.63, 3.8) is 0 Å². The first-order valence-electron chi connectivity index (χ1n) is 9.05. The molecular weight excluding hydrogens is 358 g/mol. The fourth-order valence-corrected chi connectivity index (χ4v) is 3.47. The van der Waals surface area contributed by atoms with Gasteiger partial charge < -0.3 is 23.1 Å². The number of aromatic nitrogens is 2. The van der Waals surface area contributed by atoms with Gasteiger partial charge in [0.1, 0.15) is 30.7 Å². The number of quaternary nitrogens is 1. The lowest BCUT2D eigenvalue weighted by Crippen LogP contribution is -3.08. The lowest BCUT2D eigenvalue weighted by atomic mass is 10.2. The smallest absolute Gasteiger partial charge is 0.294 e. The molecule has 0 aliphatic carbocycles. The maximum absolute atomic E-state index is 12.5. The van der Waals surface area contributed by atoms with E-state index in [2.05, 4.69) is 4.98 Å². The number of para-hydroxylation sites is 1. The zero-order chi connectivity index (χ0) is 18.9. The van der Waals surface area contributed by atoms with E-state index < -0.39 is 0 Å². The Bertz CT molecular complexity index is 1230. The van der Waals surface area contributed by atoms with E-state index in [1.165, 1.54) is 0 Å². The van der Waals surface area contributed by atoms with Gasteiger partial charge in [0.25, 0.3) is 5.56 Å². The Kier molecular flexibility index (Phi) is 4.06. The Morgan fingerprint density at radius 2 is 1.61 bits per heavy atom. The molecule has 5 aromatic rings. The zero-order valence-electron chi connectivity index (χ0n) is 15.0. The Hall–Kier alpha value is -3.58. The highest BCUT2D eigenvalue weighted by molar-refractivity contribution is 6.01. The molecular formula is C21H18N3O4+. The van der Waals surface area contributed by atoms with Crippen LogP contribution in [0.2, 0.25) is 0 Å². The molecule has 0 amide bonds. The minimum atomic E-state index is -0.272. The second-order valence-corrected chi connectivity index (χ2v) is 6.73. The van der Waals surface area contributed by atoms with E-state index in [0.29, 0.717) is 36.6 Å². The molecule has 0 fully saturated rings. The molecule has 2 N–H and O–H groups in total. The number of fused-ring (bicyclic) bond motifs is 3. The monoisotopic (exact) mass is 376 g/mol. The minimum absolute atomic E-state index is 0.253. The average molecular weight is 376 g/mol. The third-order valence-electron chi connectivity index (χ3n) is 4.71. The van der Waals surface area contributed by atoms with Crippen LogP contribution in [0, 0.1) is 0 Å². The Labute approximate surface area is 159 Å². The van der Waals surface area contributed by atoms with Crippen LogP contribution < -0.4 is 10.5 Å². The van der Waals surface area contributed by atoms with Gasteiger partial charge in [-0.25, -0.2) is 4.98 Å². The van der Waals surface area contributed by atoms with Gasteiger partial charge in [0.15, 0.2) is 17.3 Å². The Morgan fingerprint density at radius 1 is 0.893 bits per heavy atom. The third-order valence-corrected chi connectivity index (χ3v) is 4.71. The molecule has 0 saturated heterocycles. The number of furan rings is 3. The highest BCUT2D eigenvalue weighted by Crippen LogP contribution is 2.24. The lowest BCUT2D eigenvalue weighted by molar-refractivity contribution is -0.943. The number of nitrogens with zero attached hydrogens (tertiary/aromatic N) is 1. The molecule has 0 saturated carbocycles. The topological polar surface area (TPSA) is 89.6 Å². The molecule has 28 heavy (non-hydrogen) atoms. The predicted molar refractivity (Wildman–Crippen MR) is 102 cm³/mol. The van der Waals surface area contributed by atoms with Crippen molar-refractivity contribution in [1.82, 2.24) is 9.97 Å². The number of hydrogen-bond acceptors (Lipinski definition) is 5. The van der Waals surface area contributed by atoms with Crippen LogP contribution in [0.15, 0.2) is 79.1 Å². The van der Waals surface area contributed by atoms with E-state index in [-0.39, 0.29) is 11.1 Å². The van der Waals surface area contributed by atoms with Crippen LogP contribution in [0.4, 0.5) is 0 Å². The fourth-order valence-electron chi connectivity index (χ4n) is 3.47.